The molecule has 0 spiro atoms. The molecular weight excluding hydrogens is 284 g/mol. The third-order valence-electron chi connectivity index (χ3n) is 3.47. The fourth-order valence-corrected chi connectivity index (χ4v) is 2.20. The molecule has 1 atom stereocenters. The molecule has 0 fully saturated rings. The van der Waals surface area contributed by atoms with E-state index in [1.807, 2.05) is 36.4 Å². The smallest absolute Gasteiger partial charge is 0.123 e. The van der Waals surface area contributed by atoms with E-state index in [2.05, 4.69) is 53.2 Å². The Balaban J connectivity index is 2.26. The van der Waals surface area contributed by atoms with Crippen LogP contribution in [0.5, 0.6) is 11.5 Å². The molecule has 0 aliphatic heterocycles. The molecule has 0 N–H and O–H groups in total. The third-order valence-corrected chi connectivity index (χ3v) is 3.47. The van der Waals surface area contributed by atoms with Gasteiger partial charge in [0.2, 0.25) is 0 Å². The van der Waals surface area contributed by atoms with E-state index in [0.717, 1.165) is 29.0 Å². The summed E-state index contributed by atoms with van der Waals surface area (Å²) in [6.45, 7) is 10.4. The van der Waals surface area contributed by atoms with E-state index in [1.54, 1.807) is 0 Å². The molecular formula is C21H27O2. The summed E-state index contributed by atoms with van der Waals surface area (Å²) in [7, 11) is 0. The van der Waals surface area contributed by atoms with Crippen molar-refractivity contribution in [1.29, 1.82) is 0 Å². The van der Waals surface area contributed by atoms with Gasteiger partial charge in [-0.3, -0.25) is 0 Å². The highest BCUT2D eigenvalue weighted by Gasteiger charge is 2.16. The molecule has 23 heavy (non-hydrogen) atoms. The van der Waals surface area contributed by atoms with Crippen LogP contribution in [0.3, 0.4) is 0 Å². The van der Waals surface area contributed by atoms with E-state index >= 15 is 0 Å². The Morgan fingerprint density at radius 3 is 2.00 bits per heavy atom. The molecule has 123 valence electrons. The average molecular weight is 311 g/mol. The summed E-state index contributed by atoms with van der Waals surface area (Å²) in [5, 5.41) is 0. The second-order valence-electron chi connectivity index (χ2n) is 6.77. The Bertz CT molecular complexity index is 626. The van der Waals surface area contributed by atoms with Crippen LogP contribution in [0.4, 0.5) is 0 Å². The number of rotatable bonds is 6. The molecule has 2 heteroatoms. The maximum absolute atomic E-state index is 6.08. The first-order valence-corrected chi connectivity index (χ1v) is 8.27. The van der Waals surface area contributed by atoms with E-state index in [9.17, 15) is 0 Å². The van der Waals surface area contributed by atoms with Gasteiger partial charge in [-0.25, -0.2) is 0 Å². The predicted molar refractivity (Wildman–Crippen MR) is 96.2 cm³/mol. The van der Waals surface area contributed by atoms with Crippen LogP contribution in [-0.2, 0) is 0 Å². The lowest BCUT2D eigenvalue weighted by Gasteiger charge is -2.23. The standard InChI is InChI=1S/C21H27O2/c1-6-16(2)22-19-13-9-7-11-17(19)15-18-12-8-10-14-20(18)23-21(3,4)5/h7-16H,6H2,1-5H3. The first-order chi connectivity index (χ1) is 10.9. The number of benzene rings is 2. The highest BCUT2D eigenvalue weighted by atomic mass is 16.5. The van der Waals surface area contributed by atoms with Gasteiger partial charge in [0, 0.05) is 17.5 Å². The number of para-hydroxylation sites is 2. The van der Waals surface area contributed by atoms with Gasteiger partial charge >= 0.3 is 0 Å². The lowest BCUT2D eigenvalue weighted by molar-refractivity contribution is 0.130. The van der Waals surface area contributed by atoms with Gasteiger partial charge in [-0.15, -0.1) is 0 Å². The summed E-state index contributed by atoms with van der Waals surface area (Å²) >= 11 is 0. The van der Waals surface area contributed by atoms with E-state index in [0.29, 0.717) is 0 Å². The SMILES string of the molecule is CCC(C)Oc1ccccc1[CH]c1ccccc1OC(C)(C)C. The fraction of sp³-hybridized carbons (Fsp3) is 0.381. The van der Waals surface area contributed by atoms with Gasteiger partial charge in [-0.2, -0.15) is 0 Å². The van der Waals surface area contributed by atoms with Crippen LogP contribution in [0.2, 0.25) is 0 Å². The lowest BCUT2D eigenvalue weighted by atomic mass is 10.0. The van der Waals surface area contributed by atoms with Gasteiger partial charge in [0.15, 0.2) is 0 Å². The summed E-state index contributed by atoms with van der Waals surface area (Å²) in [4.78, 5) is 0. The fourth-order valence-electron chi connectivity index (χ4n) is 2.20. The Morgan fingerprint density at radius 1 is 0.913 bits per heavy atom. The van der Waals surface area contributed by atoms with Crippen LogP contribution in [0.15, 0.2) is 48.5 Å². The summed E-state index contributed by atoms with van der Waals surface area (Å²) in [6, 6.07) is 16.2. The molecule has 0 saturated heterocycles. The zero-order valence-electron chi connectivity index (χ0n) is 14.8. The van der Waals surface area contributed by atoms with Crippen LogP contribution in [0, 0.1) is 6.42 Å². The molecule has 1 radical (unpaired) electrons. The van der Waals surface area contributed by atoms with Gasteiger partial charge in [0.25, 0.3) is 0 Å². The maximum atomic E-state index is 6.08. The molecule has 0 bridgehead atoms. The molecule has 0 aromatic heterocycles. The van der Waals surface area contributed by atoms with Crippen molar-refractivity contribution in [2.45, 2.75) is 52.7 Å². The Morgan fingerprint density at radius 2 is 1.43 bits per heavy atom. The topological polar surface area (TPSA) is 18.5 Å². The first kappa shape index (κ1) is 17.4. The molecule has 2 aromatic rings. The molecule has 0 aliphatic carbocycles. The highest BCUT2D eigenvalue weighted by molar-refractivity contribution is 5.50. The minimum Gasteiger partial charge on any atom is -0.490 e. The summed E-state index contributed by atoms with van der Waals surface area (Å²) in [5.41, 5.74) is 1.90. The molecule has 2 aromatic carbocycles. The second-order valence-corrected chi connectivity index (χ2v) is 6.77. The van der Waals surface area contributed by atoms with E-state index in [4.69, 9.17) is 9.47 Å². The van der Waals surface area contributed by atoms with Crippen molar-refractivity contribution in [1.82, 2.24) is 0 Å². The molecule has 1 unspecified atom stereocenters. The number of hydrogen-bond acceptors (Lipinski definition) is 2. The molecule has 2 nitrogen and oxygen atoms in total. The minimum atomic E-state index is -0.226. The van der Waals surface area contributed by atoms with Crippen molar-refractivity contribution in [3.63, 3.8) is 0 Å². The van der Waals surface area contributed by atoms with Gasteiger partial charge in [-0.1, -0.05) is 43.3 Å². The van der Waals surface area contributed by atoms with Crippen LogP contribution >= 0.6 is 0 Å². The average Bonchev–Trinajstić information content (AvgIpc) is 2.49. The quantitative estimate of drug-likeness (QED) is 0.687. The molecule has 0 amide bonds. The van der Waals surface area contributed by atoms with Crippen molar-refractivity contribution in [2.75, 3.05) is 0 Å². The molecule has 0 aliphatic rings. The first-order valence-electron chi connectivity index (χ1n) is 8.27. The summed E-state index contributed by atoms with van der Waals surface area (Å²) in [5.74, 6) is 1.80. The van der Waals surface area contributed by atoms with Crippen molar-refractivity contribution in [3.8, 4) is 11.5 Å². The molecule has 0 heterocycles. The van der Waals surface area contributed by atoms with Crippen LogP contribution in [-0.4, -0.2) is 11.7 Å². The van der Waals surface area contributed by atoms with Crippen molar-refractivity contribution in [3.05, 3.63) is 66.1 Å². The third kappa shape index (κ3) is 5.31. The summed E-state index contributed by atoms with van der Waals surface area (Å²) in [6.07, 6.45) is 3.31. The minimum absolute atomic E-state index is 0.200. The van der Waals surface area contributed by atoms with E-state index in [1.165, 1.54) is 0 Å². The lowest BCUT2D eigenvalue weighted by Crippen LogP contribution is -2.23. The Labute approximate surface area is 140 Å². The Hall–Kier alpha value is -1.96. The largest absolute Gasteiger partial charge is 0.490 e. The van der Waals surface area contributed by atoms with Crippen LogP contribution in [0.1, 0.15) is 52.2 Å². The summed E-state index contributed by atoms with van der Waals surface area (Å²) < 4.78 is 12.1. The zero-order valence-corrected chi connectivity index (χ0v) is 14.8. The maximum Gasteiger partial charge on any atom is 0.123 e. The molecule has 0 saturated carbocycles. The van der Waals surface area contributed by atoms with Gasteiger partial charge in [-0.05, 0) is 46.2 Å². The van der Waals surface area contributed by atoms with E-state index < -0.39 is 0 Å². The normalized spacial score (nSPS) is 12.7. The Kier molecular flexibility index (Phi) is 5.70. The second kappa shape index (κ2) is 7.54. The van der Waals surface area contributed by atoms with Crippen molar-refractivity contribution < 1.29 is 9.47 Å². The number of ether oxygens (including phenoxy) is 2. The predicted octanol–water partition coefficient (Wildman–Crippen LogP) is 5.64. The van der Waals surface area contributed by atoms with Gasteiger partial charge < -0.3 is 9.47 Å². The van der Waals surface area contributed by atoms with E-state index in [-0.39, 0.29) is 11.7 Å². The monoisotopic (exact) mass is 311 g/mol. The van der Waals surface area contributed by atoms with Gasteiger partial charge in [0.05, 0.1) is 6.10 Å². The zero-order chi connectivity index (χ0) is 16.9. The van der Waals surface area contributed by atoms with Crippen LogP contribution in [0.25, 0.3) is 0 Å². The van der Waals surface area contributed by atoms with Crippen molar-refractivity contribution in [2.24, 2.45) is 0 Å². The molecule has 2 rings (SSSR count). The van der Waals surface area contributed by atoms with Gasteiger partial charge in [0.1, 0.15) is 17.1 Å². The van der Waals surface area contributed by atoms with Crippen LogP contribution < -0.4 is 9.47 Å². The van der Waals surface area contributed by atoms with Crippen molar-refractivity contribution >= 4 is 0 Å². The number of hydrogen-bond donors (Lipinski definition) is 0. The highest BCUT2D eigenvalue weighted by Crippen LogP contribution is 2.30.